The first-order chi connectivity index (χ1) is 10.7. The number of anilines is 1. The smallest absolute Gasteiger partial charge is 0.264 e. The molecule has 2 aromatic rings. The van der Waals surface area contributed by atoms with Crippen LogP contribution in [0.25, 0.3) is 10.2 Å². The molecule has 2 aromatic heterocycles. The molecule has 3 heterocycles. The van der Waals surface area contributed by atoms with Gasteiger partial charge in [0.15, 0.2) is 0 Å². The summed E-state index contributed by atoms with van der Waals surface area (Å²) >= 11 is 1.46. The van der Waals surface area contributed by atoms with Gasteiger partial charge in [-0.2, -0.15) is 0 Å². The molecule has 6 nitrogen and oxygen atoms in total. The second-order valence-corrected chi connectivity index (χ2v) is 6.38. The van der Waals surface area contributed by atoms with Crippen LogP contribution in [0.2, 0.25) is 0 Å². The van der Waals surface area contributed by atoms with E-state index in [2.05, 4.69) is 15.3 Å². The first-order valence-electron chi connectivity index (χ1n) is 7.48. The van der Waals surface area contributed by atoms with Crippen molar-refractivity contribution < 1.29 is 9.53 Å². The number of carbonyl (C=O) groups excluding carboxylic acids is 1. The van der Waals surface area contributed by atoms with Gasteiger partial charge in [0.05, 0.1) is 16.9 Å². The van der Waals surface area contributed by atoms with Crippen LogP contribution in [0.3, 0.4) is 0 Å². The molecule has 3 rings (SSSR count). The maximum absolute atomic E-state index is 12.7. The maximum Gasteiger partial charge on any atom is 0.264 e. The second kappa shape index (κ2) is 6.58. The Bertz CT molecular complexity index is 679. The fourth-order valence-electron chi connectivity index (χ4n) is 2.74. The molecular weight excluding hydrogens is 300 g/mol. The average molecular weight is 320 g/mol. The minimum Gasteiger partial charge on any atom is -0.383 e. The number of fused-ring (bicyclic) bond motifs is 1. The van der Waals surface area contributed by atoms with Crippen molar-refractivity contribution in [2.75, 3.05) is 38.7 Å². The van der Waals surface area contributed by atoms with Gasteiger partial charge < -0.3 is 15.0 Å². The number of amides is 1. The fraction of sp³-hybridized carbons (Fsp3) is 0.533. The topological polar surface area (TPSA) is 67.3 Å². The number of thiophene rings is 1. The van der Waals surface area contributed by atoms with Crippen LogP contribution in [0.1, 0.15) is 28.1 Å². The van der Waals surface area contributed by atoms with Crippen molar-refractivity contribution in [3.63, 3.8) is 0 Å². The number of likely N-dealkylation sites (tertiary alicyclic amines) is 1. The predicted molar refractivity (Wildman–Crippen MR) is 87.7 cm³/mol. The lowest BCUT2D eigenvalue weighted by Gasteiger charge is -2.14. The van der Waals surface area contributed by atoms with Crippen molar-refractivity contribution in [3.05, 3.63) is 16.8 Å². The molecule has 1 aliphatic rings. The van der Waals surface area contributed by atoms with Crippen molar-refractivity contribution in [2.45, 2.75) is 19.8 Å². The van der Waals surface area contributed by atoms with E-state index in [0.717, 1.165) is 52.4 Å². The van der Waals surface area contributed by atoms with Crippen LogP contribution in [0.4, 0.5) is 5.82 Å². The Morgan fingerprint density at radius 2 is 2.18 bits per heavy atom. The summed E-state index contributed by atoms with van der Waals surface area (Å²) in [6.07, 6.45) is 3.73. The third-order valence-corrected chi connectivity index (χ3v) is 5.10. The lowest BCUT2D eigenvalue weighted by atomic mass is 10.2. The summed E-state index contributed by atoms with van der Waals surface area (Å²) in [5, 5.41) is 4.21. The van der Waals surface area contributed by atoms with Gasteiger partial charge >= 0.3 is 0 Å². The van der Waals surface area contributed by atoms with Gasteiger partial charge in [-0.15, -0.1) is 11.3 Å². The summed E-state index contributed by atoms with van der Waals surface area (Å²) in [5.74, 6) is 0.900. The second-order valence-electron chi connectivity index (χ2n) is 5.38. The summed E-state index contributed by atoms with van der Waals surface area (Å²) in [6.45, 7) is 4.98. The highest BCUT2D eigenvalue weighted by atomic mass is 32.1. The van der Waals surface area contributed by atoms with Gasteiger partial charge in [-0.3, -0.25) is 4.79 Å². The van der Waals surface area contributed by atoms with E-state index in [-0.39, 0.29) is 5.91 Å². The minimum absolute atomic E-state index is 0.126. The summed E-state index contributed by atoms with van der Waals surface area (Å²) in [4.78, 5) is 24.9. The largest absolute Gasteiger partial charge is 0.383 e. The van der Waals surface area contributed by atoms with E-state index >= 15 is 0 Å². The Balaban J connectivity index is 1.94. The first kappa shape index (κ1) is 15.2. The Morgan fingerprint density at radius 1 is 1.41 bits per heavy atom. The molecule has 0 aliphatic carbocycles. The number of ether oxygens (including phenoxy) is 1. The molecule has 1 aliphatic heterocycles. The predicted octanol–water partition coefficient (Wildman–Crippen LogP) is 2.29. The van der Waals surface area contributed by atoms with Gasteiger partial charge in [-0.25, -0.2) is 9.97 Å². The first-order valence-corrected chi connectivity index (χ1v) is 8.30. The fourth-order valence-corrected chi connectivity index (χ4v) is 3.86. The van der Waals surface area contributed by atoms with Crippen LogP contribution in [0.5, 0.6) is 0 Å². The molecule has 0 spiro atoms. The lowest BCUT2D eigenvalue weighted by Crippen LogP contribution is -2.27. The Kier molecular flexibility index (Phi) is 4.54. The lowest BCUT2D eigenvalue weighted by molar-refractivity contribution is 0.0797. The van der Waals surface area contributed by atoms with Gasteiger partial charge in [-0.05, 0) is 25.3 Å². The van der Waals surface area contributed by atoms with Crippen LogP contribution in [0, 0.1) is 6.92 Å². The highest BCUT2D eigenvalue weighted by Crippen LogP contribution is 2.34. The van der Waals surface area contributed by atoms with Gasteiger partial charge in [0.2, 0.25) is 0 Å². The summed E-state index contributed by atoms with van der Waals surface area (Å²) < 4.78 is 5.05. The molecule has 1 saturated heterocycles. The molecule has 1 fully saturated rings. The summed E-state index contributed by atoms with van der Waals surface area (Å²) in [5.41, 5.74) is 0.970. The molecule has 0 aromatic carbocycles. The normalized spacial score (nSPS) is 14.7. The van der Waals surface area contributed by atoms with E-state index in [0.29, 0.717) is 13.2 Å². The van der Waals surface area contributed by atoms with Crippen LogP contribution in [-0.4, -0.2) is 54.1 Å². The van der Waals surface area contributed by atoms with Crippen LogP contribution in [-0.2, 0) is 4.74 Å². The van der Waals surface area contributed by atoms with Gasteiger partial charge in [-0.1, -0.05) is 0 Å². The molecule has 22 heavy (non-hydrogen) atoms. The van der Waals surface area contributed by atoms with E-state index in [4.69, 9.17) is 4.74 Å². The van der Waals surface area contributed by atoms with Crippen molar-refractivity contribution in [3.8, 4) is 0 Å². The molecule has 0 atom stereocenters. The molecule has 0 unspecified atom stereocenters. The standard InChI is InChI=1S/C15H20N4O2S/c1-10-11-13(16-5-8-21-2)17-9-18-14(11)22-12(10)15(20)19-6-3-4-7-19/h9H,3-8H2,1-2H3,(H,16,17,18). The third kappa shape index (κ3) is 2.78. The average Bonchev–Trinajstić information content (AvgIpc) is 3.16. The SMILES string of the molecule is COCCNc1ncnc2sc(C(=O)N3CCCC3)c(C)c12. The Hall–Kier alpha value is -1.73. The van der Waals surface area contributed by atoms with E-state index < -0.39 is 0 Å². The molecule has 7 heteroatoms. The zero-order valence-electron chi connectivity index (χ0n) is 12.9. The number of carbonyl (C=O) groups is 1. The monoisotopic (exact) mass is 320 g/mol. The quantitative estimate of drug-likeness (QED) is 0.856. The minimum atomic E-state index is 0.126. The Labute approximate surface area is 133 Å². The molecule has 1 amide bonds. The number of hydrogen-bond acceptors (Lipinski definition) is 6. The van der Waals surface area contributed by atoms with E-state index in [9.17, 15) is 4.79 Å². The molecule has 1 N–H and O–H groups in total. The Morgan fingerprint density at radius 3 is 2.91 bits per heavy atom. The third-order valence-electron chi connectivity index (χ3n) is 3.91. The number of hydrogen-bond donors (Lipinski definition) is 1. The van der Waals surface area contributed by atoms with E-state index in [1.54, 1.807) is 7.11 Å². The molecule has 0 radical (unpaired) electrons. The summed E-state index contributed by atoms with van der Waals surface area (Å²) in [6, 6.07) is 0. The zero-order chi connectivity index (χ0) is 15.5. The summed E-state index contributed by atoms with van der Waals surface area (Å²) in [7, 11) is 1.67. The van der Waals surface area contributed by atoms with E-state index in [1.165, 1.54) is 17.7 Å². The van der Waals surface area contributed by atoms with Crippen molar-refractivity contribution in [1.82, 2.24) is 14.9 Å². The van der Waals surface area contributed by atoms with Crippen LogP contribution >= 0.6 is 11.3 Å². The number of nitrogens with zero attached hydrogens (tertiary/aromatic N) is 3. The van der Waals surface area contributed by atoms with Crippen LogP contribution in [0.15, 0.2) is 6.33 Å². The van der Waals surface area contributed by atoms with Crippen molar-refractivity contribution >= 4 is 33.3 Å². The number of nitrogens with one attached hydrogen (secondary N) is 1. The van der Waals surface area contributed by atoms with Gasteiger partial charge in [0.1, 0.15) is 17.0 Å². The van der Waals surface area contributed by atoms with Crippen molar-refractivity contribution in [2.24, 2.45) is 0 Å². The molecular formula is C15H20N4O2S. The highest BCUT2D eigenvalue weighted by Gasteiger charge is 2.25. The molecule has 0 saturated carbocycles. The molecule has 0 bridgehead atoms. The van der Waals surface area contributed by atoms with E-state index in [1.807, 2.05) is 11.8 Å². The van der Waals surface area contributed by atoms with Crippen LogP contribution < -0.4 is 5.32 Å². The highest BCUT2D eigenvalue weighted by molar-refractivity contribution is 7.20. The van der Waals surface area contributed by atoms with Crippen molar-refractivity contribution in [1.29, 1.82) is 0 Å². The number of rotatable bonds is 5. The number of methoxy groups -OCH3 is 1. The zero-order valence-corrected chi connectivity index (χ0v) is 13.7. The maximum atomic E-state index is 12.7. The number of aryl methyl sites for hydroxylation is 1. The molecule has 118 valence electrons. The van der Waals surface area contributed by atoms with Gasteiger partial charge in [0.25, 0.3) is 5.91 Å². The van der Waals surface area contributed by atoms with Gasteiger partial charge in [0, 0.05) is 26.7 Å². The number of aromatic nitrogens is 2.